The number of hydrogen-bond acceptors (Lipinski definition) is 4. The van der Waals surface area contributed by atoms with Gasteiger partial charge in [0.25, 0.3) is 0 Å². The van der Waals surface area contributed by atoms with Gasteiger partial charge in [0.1, 0.15) is 5.75 Å². The molecule has 2 aliphatic rings. The van der Waals surface area contributed by atoms with Gasteiger partial charge in [0.2, 0.25) is 10.0 Å². The van der Waals surface area contributed by atoms with E-state index in [0.717, 1.165) is 28.3 Å². The van der Waals surface area contributed by atoms with Crippen molar-refractivity contribution in [2.24, 2.45) is 0 Å². The van der Waals surface area contributed by atoms with Gasteiger partial charge in [-0.2, -0.15) is 4.31 Å². The fourth-order valence-corrected chi connectivity index (χ4v) is 6.61. The fourth-order valence-electron chi connectivity index (χ4n) is 4.98. The molecule has 1 fully saturated rings. The van der Waals surface area contributed by atoms with Gasteiger partial charge in [-0.1, -0.05) is 6.07 Å². The van der Waals surface area contributed by atoms with Crippen LogP contribution in [0.15, 0.2) is 59.6 Å². The van der Waals surface area contributed by atoms with Crippen molar-refractivity contribution in [2.75, 3.05) is 25.5 Å². The predicted octanol–water partition coefficient (Wildman–Crippen LogP) is 4.21. The summed E-state index contributed by atoms with van der Waals surface area (Å²) in [4.78, 5) is 0.385. The van der Waals surface area contributed by atoms with Crippen molar-refractivity contribution in [1.82, 2.24) is 8.87 Å². The molecule has 162 valence electrons. The van der Waals surface area contributed by atoms with Crippen LogP contribution in [0.25, 0.3) is 5.69 Å². The van der Waals surface area contributed by atoms with E-state index in [9.17, 15) is 8.42 Å². The Morgan fingerprint density at radius 1 is 1.00 bits per heavy atom. The molecule has 7 heteroatoms. The Morgan fingerprint density at radius 2 is 1.71 bits per heavy atom. The number of piperidine rings is 1. The van der Waals surface area contributed by atoms with Crippen LogP contribution in [0.3, 0.4) is 0 Å². The molecule has 0 radical (unpaired) electrons. The summed E-state index contributed by atoms with van der Waals surface area (Å²) in [5.74, 6) is 0.798. The number of aromatic nitrogens is 1. The van der Waals surface area contributed by atoms with E-state index in [1.165, 1.54) is 5.69 Å². The van der Waals surface area contributed by atoms with Gasteiger partial charge in [0.05, 0.1) is 28.9 Å². The SMILES string of the molecule is COc1ccc2c(c1)NC1(CCN(S(=O)(=O)c3cc(C)cc(C)c3)CC1)c1cccn1-2. The summed E-state index contributed by atoms with van der Waals surface area (Å²) < 4.78 is 35.9. The number of hydrogen-bond donors (Lipinski definition) is 1. The quantitative estimate of drug-likeness (QED) is 0.667. The molecule has 2 aliphatic heterocycles. The highest BCUT2D eigenvalue weighted by atomic mass is 32.2. The lowest BCUT2D eigenvalue weighted by Gasteiger charge is -2.46. The molecule has 1 aromatic heterocycles. The molecule has 2 aromatic carbocycles. The molecule has 0 unspecified atom stereocenters. The molecule has 1 saturated heterocycles. The Balaban J connectivity index is 1.46. The Hall–Kier alpha value is -2.77. The van der Waals surface area contributed by atoms with Crippen LogP contribution in [-0.2, 0) is 15.6 Å². The lowest BCUT2D eigenvalue weighted by molar-refractivity contribution is 0.247. The first-order chi connectivity index (χ1) is 14.8. The molecule has 0 aliphatic carbocycles. The monoisotopic (exact) mass is 437 g/mol. The molecule has 3 aromatic rings. The van der Waals surface area contributed by atoms with Crippen LogP contribution in [-0.4, -0.2) is 37.5 Å². The Morgan fingerprint density at radius 3 is 2.39 bits per heavy atom. The Labute approximate surface area is 183 Å². The summed E-state index contributed by atoms with van der Waals surface area (Å²) in [5.41, 5.74) is 4.88. The maximum atomic E-state index is 13.3. The Kier molecular flexibility index (Phi) is 4.64. The third kappa shape index (κ3) is 3.23. The number of fused-ring (bicyclic) bond motifs is 4. The van der Waals surface area contributed by atoms with Crippen LogP contribution in [0.1, 0.15) is 29.7 Å². The van der Waals surface area contributed by atoms with Gasteiger partial charge in [0, 0.05) is 31.0 Å². The first-order valence-corrected chi connectivity index (χ1v) is 12.0. The zero-order valence-corrected chi connectivity index (χ0v) is 18.9. The smallest absolute Gasteiger partial charge is 0.243 e. The number of nitrogens with zero attached hydrogens (tertiary/aromatic N) is 2. The van der Waals surface area contributed by atoms with Crippen LogP contribution < -0.4 is 10.1 Å². The lowest BCUT2D eigenvalue weighted by atomic mass is 9.83. The summed E-state index contributed by atoms with van der Waals surface area (Å²) in [7, 11) is -1.85. The summed E-state index contributed by atoms with van der Waals surface area (Å²) in [6.45, 7) is 4.80. The van der Waals surface area contributed by atoms with Gasteiger partial charge >= 0.3 is 0 Å². The molecule has 1 N–H and O–H groups in total. The summed E-state index contributed by atoms with van der Waals surface area (Å²) >= 11 is 0. The average molecular weight is 438 g/mol. The number of rotatable bonds is 3. The van der Waals surface area contributed by atoms with E-state index in [1.54, 1.807) is 23.5 Å². The number of methoxy groups -OCH3 is 1. The molecular weight excluding hydrogens is 410 g/mol. The molecule has 5 rings (SSSR count). The summed E-state index contributed by atoms with van der Waals surface area (Å²) in [5, 5.41) is 3.74. The number of anilines is 1. The van der Waals surface area contributed by atoms with Gasteiger partial charge in [-0.25, -0.2) is 8.42 Å². The maximum absolute atomic E-state index is 13.3. The highest BCUT2D eigenvalue weighted by Gasteiger charge is 2.44. The van der Waals surface area contributed by atoms with E-state index in [0.29, 0.717) is 30.8 Å². The van der Waals surface area contributed by atoms with E-state index in [1.807, 2.05) is 32.0 Å². The standard InChI is InChI=1S/C24H27N3O3S/c1-17-13-18(2)15-20(14-17)31(28,29)26-11-8-24(9-12-26)23-5-4-10-27(23)22-7-6-19(30-3)16-21(22)25-24/h4-7,10,13-16,25H,8-9,11-12H2,1-3H3. The van der Waals surface area contributed by atoms with Gasteiger partial charge in [-0.3, -0.25) is 0 Å². The molecular formula is C24H27N3O3S. The maximum Gasteiger partial charge on any atom is 0.243 e. The summed E-state index contributed by atoms with van der Waals surface area (Å²) in [6.07, 6.45) is 3.46. The van der Waals surface area contributed by atoms with E-state index < -0.39 is 10.0 Å². The minimum atomic E-state index is -3.52. The minimum absolute atomic E-state index is 0.308. The second kappa shape index (κ2) is 7.14. The van der Waals surface area contributed by atoms with Crippen molar-refractivity contribution in [3.05, 3.63) is 71.5 Å². The highest BCUT2D eigenvalue weighted by molar-refractivity contribution is 7.89. The van der Waals surface area contributed by atoms with Gasteiger partial charge in [-0.05, 0) is 74.2 Å². The van der Waals surface area contributed by atoms with Crippen molar-refractivity contribution in [3.8, 4) is 11.4 Å². The number of ether oxygens (including phenoxy) is 1. The number of sulfonamides is 1. The zero-order chi connectivity index (χ0) is 21.8. The molecule has 31 heavy (non-hydrogen) atoms. The number of aryl methyl sites for hydroxylation is 2. The van der Waals surface area contributed by atoms with Crippen LogP contribution in [0, 0.1) is 13.8 Å². The highest BCUT2D eigenvalue weighted by Crippen LogP contribution is 2.45. The van der Waals surface area contributed by atoms with Crippen molar-refractivity contribution < 1.29 is 13.2 Å². The molecule has 0 amide bonds. The van der Waals surface area contributed by atoms with Crippen LogP contribution in [0.5, 0.6) is 5.75 Å². The lowest BCUT2D eigenvalue weighted by Crippen LogP contribution is -2.51. The molecule has 6 nitrogen and oxygen atoms in total. The van der Waals surface area contributed by atoms with Crippen LogP contribution in [0.4, 0.5) is 5.69 Å². The third-order valence-electron chi connectivity index (χ3n) is 6.49. The molecule has 0 saturated carbocycles. The largest absolute Gasteiger partial charge is 0.497 e. The zero-order valence-electron chi connectivity index (χ0n) is 18.1. The fraction of sp³-hybridized carbons (Fsp3) is 0.333. The second-order valence-electron chi connectivity index (χ2n) is 8.58. The number of benzene rings is 2. The first kappa shape index (κ1) is 20.2. The average Bonchev–Trinajstić information content (AvgIpc) is 3.24. The molecule has 1 spiro atoms. The number of nitrogens with one attached hydrogen (secondary N) is 1. The predicted molar refractivity (Wildman–Crippen MR) is 122 cm³/mol. The van der Waals surface area contributed by atoms with E-state index in [4.69, 9.17) is 4.74 Å². The van der Waals surface area contributed by atoms with Crippen molar-refractivity contribution >= 4 is 15.7 Å². The first-order valence-electron chi connectivity index (χ1n) is 10.6. The van der Waals surface area contributed by atoms with Gasteiger partial charge in [-0.15, -0.1) is 0 Å². The van der Waals surface area contributed by atoms with E-state index in [2.05, 4.69) is 34.3 Å². The van der Waals surface area contributed by atoms with E-state index in [-0.39, 0.29) is 5.54 Å². The molecule has 0 bridgehead atoms. The van der Waals surface area contributed by atoms with Crippen LogP contribution in [0.2, 0.25) is 0 Å². The summed E-state index contributed by atoms with van der Waals surface area (Å²) in [6, 6.07) is 15.7. The van der Waals surface area contributed by atoms with Gasteiger partial charge in [0.15, 0.2) is 0 Å². The second-order valence-corrected chi connectivity index (χ2v) is 10.5. The van der Waals surface area contributed by atoms with Gasteiger partial charge < -0.3 is 14.6 Å². The normalized spacial score (nSPS) is 17.6. The third-order valence-corrected chi connectivity index (χ3v) is 8.36. The van der Waals surface area contributed by atoms with Crippen molar-refractivity contribution in [3.63, 3.8) is 0 Å². The minimum Gasteiger partial charge on any atom is -0.497 e. The topological polar surface area (TPSA) is 63.6 Å². The molecule has 0 atom stereocenters. The van der Waals surface area contributed by atoms with Crippen molar-refractivity contribution in [1.29, 1.82) is 0 Å². The van der Waals surface area contributed by atoms with Crippen molar-refractivity contribution in [2.45, 2.75) is 37.1 Å². The van der Waals surface area contributed by atoms with Crippen LogP contribution >= 0.6 is 0 Å². The molecule has 3 heterocycles. The Bertz CT molecular complexity index is 1230. The van der Waals surface area contributed by atoms with E-state index >= 15 is 0 Å².